The van der Waals surface area contributed by atoms with Crippen molar-refractivity contribution in [2.24, 2.45) is 45.8 Å². The first-order chi connectivity index (χ1) is 10.2. The maximum absolute atomic E-state index is 2.68. The van der Waals surface area contributed by atoms with Crippen LogP contribution in [0.4, 0.5) is 0 Å². The van der Waals surface area contributed by atoms with E-state index in [4.69, 9.17) is 0 Å². The third kappa shape index (κ3) is 2.07. The Bertz CT molecular complexity index is 426. The van der Waals surface area contributed by atoms with Gasteiger partial charge in [-0.1, -0.05) is 67.7 Å². The molecule has 22 heavy (non-hydrogen) atoms. The first kappa shape index (κ1) is 16.8. The van der Waals surface area contributed by atoms with E-state index in [1.807, 2.05) is 0 Å². The van der Waals surface area contributed by atoms with Crippen molar-refractivity contribution in [3.63, 3.8) is 0 Å². The molecular formula is C22H40. The summed E-state index contributed by atoms with van der Waals surface area (Å²) >= 11 is 0. The molecule has 0 aromatic heterocycles. The van der Waals surface area contributed by atoms with Gasteiger partial charge in [0, 0.05) is 0 Å². The molecular weight excluding hydrogens is 264 g/mol. The van der Waals surface area contributed by atoms with Gasteiger partial charge < -0.3 is 0 Å². The quantitative estimate of drug-likeness (QED) is 0.455. The van der Waals surface area contributed by atoms with Crippen molar-refractivity contribution in [3.05, 3.63) is 0 Å². The van der Waals surface area contributed by atoms with Gasteiger partial charge in [0.15, 0.2) is 0 Å². The van der Waals surface area contributed by atoms with Gasteiger partial charge in [-0.3, -0.25) is 0 Å². The zero-order chi connectivity index (χ0) is 16.3. The van der Waals surface area contributed by atoms with Crippen molar-refractivity contribution >= 4 is 0 Å². The molecule has 0 radical (unpaired) electrons. The highest BCUT2D eigenvalue weighted by molar-refractivity contribution is 5.34. The molecule has 0 spiro atoms. The molecule has 0 amide bonds. The molecule has 3 rings (SSSR count). The number of fused-ring (bicyclic) bond motifs is 1. The summed E-state index contributed by atoms with van der Waals surface area (Å²) in [6.07, 6.45) is 10.3. The average molecular weight is 305 g/mol. The molecule has 128 valence electrons. The fourth-order valence-electron chi connectivity index (χ4n) is 7.04. The van der Waals surface area contributed by atoms with E-state index < -0.39 is 0 Å². The molecule has 3 fully saturated rings. The van der Waals surface area contributed by atoms with Gasteiger partial charge in [0.2, 0.25) is 0 Å². The minimum Gasteiger partial charge on any atom is -0.0651 e. The van der Waals surface area contributed by atoms with Crippen molar-refractivity contribution < 1.29 is 0 Å². The molecule has 0 aromatic carbocycles. The van der Waals surface area contributed by atoms with Crippen LogP contribution in [-0.2, 0) is 0 Å². The Morgan fingerprint density at radius 3 is 2.23 bits per heavy atom. The number of rotatable bonds is 8. The Morgan fingerprint density at radius 1 is 1.09 bits per heavy atom. The fraction of sp³-hybridized carbons (Fsp3) is 1.00. The van der Waals surface area contributed by atoms with Crippen LogP contribution in [0, 0.1) is 45.8 Å². The molecule has 3 saturated carbocycles. The normalized spacial score (nSPS) is 51.7. The molecule has 0 heterocycles. The average Bonchev–Trinajstić information content (AvgIpc) is 3.33. The Hall–Kier alpha value is 0. The van der Waals surface area contributed by atoms with E-state index in [-0.39, 0.29) is 0 Å². The van der Waals surface area contributed by atoms with Gasteiger partial charge in [0.1, 0.15) is 0 Å². The summed E-state index contributed by atoms with van der Waals surface area (Å²) in [7, 11) is 0. The summed E-state index contributed by atoms with van der Waals surface area (Å²) in [5.41, 5.74) is 2.08. The summed E-state index contributed by atoms with van der Waals surface area (Å²) < 4.78 is 0. The maximum Gasteiger partial charge on any atom is -0.0202 e. The van der Waals surface area contributed by atoms with Crippen LogP contribution in [0.25, 0.3) is 0 Å². The van der Waals surface area contributed by atoms with Crippen LogP contribution in [0.1, 0.15) is 93.4 Å². The molecule has 0 aromatic rings. The summed E-state index contributed by atoms with van der Waals surface area (Å²) in [6, 6.07) is 0. The Morgan fingerprint density at radius 2 is 1.73 bits per heavy atom. The molecule has 0 aliphatic heterocycles. The third-order valence-electron chi connectivity index (χ3n) is 9.29. The smallest absolute Gasteiger partial charge is 0.0202 e. The van der Waals surface area contributed by atoms with Gasteiger partial charge in [0.05, 0.1) is 0 Å². The summed E-state index contributed by atoms with van der Waals surface area (Å²) in [5.74, 6) is 4.98. The largest absolute Gasteiger partial charge is 0.0651 e. The molecule has 0 heteroatoms. The second-order valence-corrected chi connectivity index (χ2v) is 10.2. The summed E-state index contributed by atoms with van der Waals surface area (Å²) in [4.78, 5) is 0. The van der Waals surface area contributed by atoms with Gasteiger partial charge in [-0.2, -0.15) is 0 Å². The van der Waals surface area contributed by atoms with E-state index in [0.717, 1.165) is 29.6 Å². The lowest BCUT2D eigenvalue weighted by atomic mass is 9.45. The lowest BCUT2D eigenvalue weighted by Crippen LogP contribution is -2.54. The summed E-state index contributed by atoms with van der Waals surface area (Å²) in [6.45, 7) is 17.6. The van der Waals surface area contributed by atoms with Crippen LogP contribution in [-0.4, -0.2) is 0 Å². The maximum atomic E-state index is 2.68. The summed E-state index contributed by atoms with van der Waals surface area (Å²) in [5, 5.41) is 0. The van der Waals surface area contributed by atoms with Crippen molar-refractivity contribution in [1.29, 1.82) is 0 Å². The highest BCUT2D eigenvalue weighted by Crippen LogP contribution is 2.92. The van der Waals surface area contributed by atoms with Gasteiger partial charge in [-0.15, -0.1) is 0 Å². The molecule has 3 aliphatic rings. The van der Waals surface area contributed by atoms with E-state index in [1.165, 1.54) is 44.9 Å². The second-order valence-electron chi connectivity index (χ2n) is 10.2. The van der Waals surface area contributed by atoms with E-state index in [9.17, 15) is 0 Å². The monoisotopic (exact) mass is 304 g/mol. The van der Waals surface area contributed by atoms with Crippen LogP contribution in [0.2, 0.25) is 0 Å². The van der Waals surface area contributed by atoms with Gasteiger partial charge in [-0.25, -0.2) is 0 Å². The first-order valence-electron chi connectivity index (χ1n) is 10.2. The molecule has 8 unspecified atom stereocenters. The minimum atomic E-state index is 0.676. The van der Waals surface area contributed by atoms with E-state index >= 15 is 0 Å². The second kappa shape index (κ2) is 5.25. The van der Waals surface area contributed by atoms with Crippen LogP contribution in [0.3, 0.4) is 0 Å². The van der Waals surface area contributed by atoms with Gasteiger partial charge in [0.25, 0.3) is 0 Å². The lowest BCUT2D eigenvalue weighted by molar-refractivity contribution is -0.118. The Balaban J connectivity index is 1.62. The van der Waals surface area contributed by atoms with Crippen molar-refractivity contribution in [3.8, 4) is 0 Å². The third-order valence-corrected chi connectivity index (χ3v) is 9.29. The fourth-order valence-corrected chi connectivity index (χ4v) is 7.04. The van der Waals surface area contributed by atoms with Crippen LogP contribution < -0.4 is 0 Å². The van der Waals surface area contributed by atoms with Crippen LogP contribution in [0.5, 0.6) is 0 Å². The molecule has 0 N–H and O–H groups in total. The zero-order valence-corrected chi connectivity index (χ0v) is 16.3. The van der Waals surface area contributed by atoms with Crippen molar-refractivity contribution in [1.82, 2.24) is 0 Å². The Labute approximate surface area is 139 Å². The molecule has 8 atom stereocenters. The lowest BCUT2D eigenvalue weighted by Gasteiger charge is -2.59. The number of hydrogen-bond donors (Lipinski definition) is 0. The SMILES string of the molecule is CCC(C)CC(CC)CCC1C2(C)CC2(C)C1(C)C1CC1C. The van der Waals surface area contributed by atoms with Crippen molar-refractivity contribution in [2.75, 3.05) is 0 Å². The number of hydrogen-bond acceptors (Lipinski definition) is 0. The topological polar surface area (TPSA) is 0 Å². The van der Waals surface area contributed by atoms with E-state index in [1.54, 1.807) is 0 Å². The minimum absolute atomic E-state index is 0.676. The predicted molar refractivity (Wildman–Crippen MR) is 96.8 cm³/mol. The highest BCUT2D eigenvalue weighted by Gasteiger charge is 2.86. The molecule has 0 saturated heterocycles. The van der Waals surface area contributed by atoms with Gasteiger partial charge in [-0.05, 0) is 71.5 Å². The van der Waals surface area contributed by atoms with E-state index in [0.29, 0.717) is 16.2 Å². The predicted octanol–water partition coefficient (Wildman–Crippen LogP) is 6.94. The molecule has 0 bridgehead atoms. The van der Waals surface area contributed by atoms with Crippen molar-refractivity contribution in [2.45, 2.75) is 93.4 Å². The van der Waals surface area contributed by atoms with E-state index in [2.05, 4.69) is 48.5 Å². The zero-order valence-electron chi connectivity index (χ0n) is 16.3. The molecule has 3 aliphatic carbocycles. The van der Waals surface area contributed by atoms with Crippen LogP contribution in [0.15, 0.2) is 0 Å². The molecule has 0 nitrogen and oxygen atoms in total. The Kier molecular flexibility index (Phi) is 4.02. The highest BCUT2D eigenvalue weighted by atomic mass is 14.9. The van der Waals surface area contributed by atoms with Gasteiger partial charge >= 0.3 is 0 Å². The first-order valence-corrected chi connectivity index (χ1v) is 10.2. The van der Waals surface area contributed by atoms with Crippen LogP contribution >= 0.6 is 0 Å². The standard InChI is InChI=1S/C22H40/c1-8-15(3)12-17(9-2)10-11-19-20(5)14-21(20,6)22(19,7)18-13-16(18)4/h15-19H,8-14H2,1-7H3.